The zero-order chi connectivity index (χ0) is 19.0. The molecular formula is C24H52. The predicted molar refractivity (Wildman–Crippen MR) is 115 cm³/mol. The van der Waals surface area contributed by atoms with Crippen molar-refractivity contribution < 1.29 is 0 Å². The third kappa shape index (κ3) is 9.47. The second kappa shape index (κ2) is 16.5. The SMILES string of the molecule is CC.CCC(C)CC.CCCCC(CC)C(C)(CC)C1CCCC1. The molecule has 0 nitrogen and oxygen atoms in total. The van der Waals surface area contributed by atoms with Crippen LogP contribution in [0.1, 0.15) is 133 Å². The standard InChI is InChI=1S/C16H32.C6H14.C2H6/c1-5-8-11-14(6-2)16(4,7-3)15-12-9-10-13-15;1-4-6(3)5-2;1-2/h14-15H,5-13H2,1-4H3;6H,4-5H2,1-3H3;1-2H3. The van der Waals surface area contributed by atoms with E-state index in [9.17, 15) is 0 Å². The molecule has 0 spiro atoms. The number of hydrogen-bond acceptors (Lipinski definition) is 0. The van der Waals surface area contributed by atoms with Crippen LogP contribution in [0.4, 0.5) is 0 Å². The van der Waals surface area contributed by atoms with Gasteiger partial charge in [-0.2, -0.15) is 0 Å². The minimum Gasteiger partial charge on any atom is -0.0683 e. The molecule has 0 aromatic heterocycles. The van der Waals surface area contributed by atoms with Gasteiger partial charge in [-0.1, -0.05) is 114 Å². The van der Waals surface area contributed by atoms with Crippen molar-refractivity contribution in [2.75, 3.05) is 0 Å². The van der Waals surface area contributed by atoms with Crippen molar-refractivity contribution in [2.24, 2.45) is 23.2 Å². The number of hydrogen-bond donors (Lipinski definition) is 0. The predicted octanol–water partition coefficient (Wildman–Crippen LogP) is 9.28. The fourth-order valence-electron chi connectivity index (χ4n) is 4.24. The van der Waals surface area contributed by atoms with E-state index in [1.54, 1.807) is 0 Å². The third-order valence-corrected chi connectivity index (χ3v) is 6.78. The zero-order valence-corrected chi connectivity index (χ0v) is 19.0. The monoisotopic (exact) mass is 340 g/mol. The summed E-state index contributed by atoms with van der Waals surface area (Å²) >= 11 is 0. The third-order valence-electron chi connectivity index (χ3n) is 6.78. The number of unbranched alkanes of at least 4 members (excludes halogenated alkanes) is 1. The fourth-order valence-corrected chi connectivity index (χ4v) is 4.24. The Labute approximate surface area is 156 Å². The molecular weight excluding hydrogens is 288 g/mol. The average molecular weight is 341 g/mol. The van der Waals surface area contributed by atoms with Crippen LogP contribution in [0.3, 0.4) is 0 Å². The van der Waals surface area contributed by atoms with Crippen LogP contribution in [0.5, 0.6) is 0 Å². The van der Waals surface area contributed by atoms with Gasteiger partial charge in [0.2, 0.25) is 0 Å². The van der Waals surface area contributed by atoms with Crippen LogP contribution in [-0.2, 0) is 0 Å². The molecule has 1 aliphatic carbocycles. The molecule has 1 saturated carbocycles. The minimum atomic E-state index is 0.639. The van der Waals surface area contributed by atoms with E-state index in [1.807, 2.05) is 13.8 Å². The lowest BCUT2D eigenvalue weighted by molar-refractivity contribution is 0.0763. The Hall–Kier alpha value is 0. The van der Waals surface area contributed by atoms with Crippen LogP contribution in [-0.4, -0.2) is 0 Å². The first-order valence-electron chi connectivity index (χ1n) is 11.5. The van der Waals surface area contributed by atoms with E-state index in [-0.39, 0.29) is 0 Å². The second-order valence-electron chi connectivity index (χ2n) is 8.01. The molecule has 0 aromatic rings. The zero-order valence-electron chi connectivity index (χ0n) is 19.0. The Kier molecular flexibility index (Phi) is 18.0. The molecule has 1 aliphatic rings. The summed E-state index contributed by atoms with van der Waals surface area (Å²) in [6.45, 7) is 20.5. The largest absolute Gasteiger partial charge is 0.0683 e. The van der Waals surface area contributed by atoms with Crippen molar-refractivity contribution in [1.82, 2.24) is 0 Å². The van der Waals surface area contributed by atoms with Gasteiger partial charge in [0.25, 0.3) is 0 Å². The maximum atomic E-state index is 2.59. The topological polar surface area (TPSA) is 0 Å². The van der Waals surface area contributed by atoms with Crippen LogP contribution in [0.2, 0.25) is 0 Å². The first-order chi connectivity index (χ1) is 11.5. The molecule has 0 heterocycles. The summed E-state index contributed by atoms with van der Waals surface area (Å²) in [5.74, 6) is 2.94. The molecule has 0 radical (unpaired) electrons. The van der Waals surface area contributed by atoms with E-state index in [1.165, 1.54) is 70.6 Å². The summed E-state index contributed by atoms with van der Waals surface area (Å²) < 4.78 is 0. The Bertz CT molecular complexity index is 234. The maximum absolute atomic E-state index is 2.59. The van der Waals surface area contributed by atoms with Gasteiger partial charge >= 0.3 is 0 Å². The van der Waals surface area contributed by atoms with Crippen LogP contribution < -0.4 is 0 Å². The summed E-state index contributed by atoms with van der Waals surface area (Å²) in [5.41, 5.74) is 0.639. The lowest BCUT2D eigenvalue weighted by Crippen LogP contribution is -2.33. The quantitative estimate of drug-likeness (QED) is 0.392. The van der Waals surface area contributed by atoms with E-state index >= 15 is 0 Å². The molecule has 0 N–H and O–H groups in total. The Morgan fingerprint density at radius 3 is 1.67 bits per heavy atom. The van der Waals surface area contributed by atoms with E-state index in [0.717, 1.165) is 17.8 Å². The highest BCUT2D eigenvalue weighted by atomic mass is 14.4. The maximum Gasteiger partial charge on any atom is -0.0272 e. The summed E-state index contributed by atoms with van der Waals surface area (Å²) in [4.78, 5) is 0. The molecule has 0 aromatic carbocycles. The molecule has 0 bridgehead atoms. The van der Waals surface area contributed by atoms with Gasteiger partial charge in [0.1, 0.15) is 0 Å². The molecule has 1 fully saturated rings. The lowest BCUT2D eigenvalue weighted by atomic mass is 9.63. The molecule has 2 atom stereocenters. The minimum absolute atomic E-state index is 0.639. The smallest absolute Gasteiger partial charge is 0.0272 e. The summed E-state index contributed by atoms with van der Waals surface area (Å²) in [5, 5.41) is 0. The van der Waals surface area contributed by atoms with Gasteiger partial charge in [0, 0.05) is 0 Å². The fraction of sp³-hybridized carbons (Fsp3) is 1.00. The van der Waals surface area contributed by atoms with Crippen molar-refractivity contribution in [3.63, 3.8) is 0 Å². The average Bonchev–Trinajstić information content (AvgIpc) is 3.18. The van der Waals surface area contributed by atoms with Crippen LogP contribution in [0.25, 0.3) is 0 Å². The van der Waals surface area contributed by atoms with Gasteiger partial charge in [-0.15, -0.1) is 0 Å². The highest BCUT2D eigenvalue weighted by Gasteiger charge is 2.39. The van der Waals surface area contributed by atoms with E-state index < -0.39 is 0 Å². The van der Waals surface area contributed by atoms with E-state index in [0.29, 0.717) is 5.41 Å². The Morgan fingerprint density at radius 2 is 1.38 bits per heavy atom. The van der Waals surface area contributed by atoms with Gasteiger partial charge in [-0.05, 0) is 42.4 Å². The normalized spacial score (nSPS) is 18.2. The van der Waals surface area contributed by atoms with Gasteiger partial charge < -0.3 is 0 Å². The van der Waals surface area contributed by atoms with Crippen molar-refractivity contribution in [3.05, 3.63) is 0 Å². The van der Waals surface area contributed by atoms with Crippen molar-refractivity contribution in [2.45, 2.75) is 133 Å². The molecule has 0 aliphatic heterocycles. The molecule has 0 amide bonds. The van der Waals surface area contributed by atoms with Crippen molar-refractivity contribution in [3.8, 4) is 0 Å². The first-order valence-corrected chi connectivity index (χ1v) is 11.5. The number of rotatable bonds is 9. The molecule has 0 saturated heterocycles. The van der Waals surface area contributed by atoms with E-state index in [2.05, 4.69) is 48.5 Å². The molecule has 2 unspecified atom stereocenters. The van der Waals surface area contributed by atoms with Crippen LogP contribution in [0, 0.1) is 23.2 Å². The summed E-state index contributed by atoms with van der Waals surface area (Å²) in [6, 6.07) is 0. The lowest BCUT2D eigenvalue weighted by Gasteiger charge is -2.42. The van der Waals surface area contributed by atoms with Gasteiger partial charge in [-0.25, -0.2) is 0 Å². The molecule has 148 valence electrons. The van der Waals surface area contributed by atoms with Gasteiger partial charge in [0.15, 0.2) is 0 Å². The summed E-state index contributed by atoms with van der Waals surface area (Å²) in [6.07, 6.45) is 15.7. The summed E-state index contributed by atoms with van der Waals surface area (Å²) in [7, 11) is 0. The van der Waals surface area contributed by atoms with Gasteiger partial charge in [0.05, 0.1) is 0 Å². The highest BCUT2D eigenvalue weighted by molar-refractivity contribution is 4.89. The highest BCUT2D eigenvalue weighted by Crippen LogP contribution is 2.49. The van der Waals surface area contributed by atoms with Crippen LogP contribution >= 0.6 is 0 Å². The Morgan fingerprint density at radius 1 is 0.875 bits per heavy atom. The van der Waals surface area contributed by atoms with Crippen LogP contribution in [0.15, 0.2) is 0 Å². The van der Waals surface area contributed by atoms with Crippen molar-refractivity contribution >= 4 is 0 Å². The van der Waals surface area contributed by atoms with Gasteiger partial charge in [-0.3, -0.25) is 0 Å². The molecule has 1 rings (SSSR count). The first kappa shape index (κ1) is 26.2. The molecule has 0 heteroatoms. The molecule has 24 heavy (non-hydrogen) atoms. The Balaban J connectivity index is 0. The van der Waals surface area contributed by atoms with E-state index in [4.69, 9.17) is 0 Å². The second-order valence-corrected chi connectivity index (χ2v) is 8.01. The van der Waals surface area contributed by atoms with Crippen molar-refractivity contribution in [1.29, 1.82) is 0 Å².